The van der Waals surface area contributed by atoms with Crippen LogP contribution in [0.4, 0.5) is 0 Å². The summed E-state index contributed by atoms with van der Waals surface area (Å²) in [5.41, 5.74) is 6.16. The molecular formula is C30H21N5S. The van der Waals surface area contributed by atoms with E-state index in [4.69, 9.17) is 9.97 Å². The molecule has 0 unspecified atom stereocenters. The Morgan fingerprint density at radius 1 is 0.806 bits per heavy atom. The Labute approximate surface area is 212 Å². The van der Waals surface area contributed by atoms with Crippen LogP contribution in [-0.4, -0.2) is 20.2 Å². The van der Waals surface area contributed by atoms with Gasteiger partial charge in [0.2, 0.25) is 0 Å². The third-order valence-corrected chi connectivity index (χ3v) is 7.44. The van der Waals surface area contributed by atoms with Gasteiger partial charge in [-0.15, -0.1) is 11.3 Å². The van der Waals surface area contributed by atoms with Crippen LogP contribution in [0.25, 0.3) is 21.6 Å². The van der Waals surface area contributed by atoms with Gasteiger partial charge in [0.25, 0.3) is 0 Å². The first-order chi connectivity index (χ1) is 17.8. The fraction of sp³-hybridized carbons (Fsp3) is 0.0667. The van der Waals surface area contributed by atoms with Gasteiger partial charge in [-0.1, -0.05) is 91.0 Å². The molecule has 0 aliphatic heterocycles. The van der Waals surface area contributed by atoms with Crippen LogP contribution in [0.3, 0.4) is 0 Å². The zero-order valence-corrected chi connectivity index (χ0v) is 20.1. The molecule has 6 rings (SSSR count). The van der Waals surface area contributed by atoms with Crippen LogP contribution in [0.15, 0.2) is 109 Å². The Morgan fingerprint density at radius 3 is 1.94 bits per heavy atom. The predicted molar refractivity (Wildman–Crippen MR) is 143 cm³/mol. The Bertz CT molecular complexity index is 1570. The predicted octanol–water partition coefficient (Wildman–Crippen LogP) is 6.53. The maximum Gasteiger partial charge on any atom is 0.155 e. The van der Waals surface area contributed by atoms with Crippen LogP contribution in [-0.2, 0) is 11.8 Å². The summed E-state index contributed by atoms with van der Waals surface area (Å²) in [4.78, 5) is 9.70. The van der Waals surface area contributed by atoms with Crippen LogP contribution in [0.1, 0.15) is 27.9 Å². The number of aromatic nitrogens is 4. The zero-order chi connectivity index (χ0) is 24.4. The van der Waals surface area contributed by atoms with Crippen molar-refractivity contribution < 1.29 is 0 Å². The largest absolute Gasteiger partial charge is 0.261 e. The molecule has 0 saturated heterocycles. The van der Waals surface area contributed by atoms with E-state index in [1.807, 2.05) is 36.0 Å². The zero-order valence-electron chi connectivity index (χ0n) is 19.3. The Morgan fingerprint density at radius 2 is 1.39 bits per heavy atom. The highest BCUT2D eigenvalue weighted by Crippen LogP contribution is 2.49. The average molecular weight is 484 g/mol. The number of rotatable bonds is 6. The molecule has 0 fully saturated rings. The minimum Gasteiger partial charge on any atom is -0.261 e. The highest BCUT2D eigenvalue weighted by atomic mass is 32.1. The van der Waals surface area contributed by atoms with Crippen molar-refractivity contribution in [2.75, 3.05) is 0 Å². The lowest BCUT2D eigenvalue weighted by atomic mass is 9.64. The first-order valence-corrected chi connectivity index (χ1v) is 12.5. The summed E-state index contributed by atoms with van der Waals surface area (Å²) in [6, 6.07) is 33.8. The molecule has 5 nitrogen and oxygen atoms in total. The molecule has 172 valence electrons. The molecule has 0 bridgehead atoms. The van der Waals surface area contributed by atoms with E-state index in [-0.39, 0.29) is 6.42 Å². The fourth-order valence-electron chi connectivity index (χ4n) is 5.03. The van der Waals surface area contributed by atoms with Gasteiger partial charge in [-0.05, 0) is 16.7 Å². The highest BCUT2D eigenvalue weighted by molar-refractivity contribution is 7.13. The number of nitriles is 1. The summed E-state index contributed by atoms with van der Waals surface area (Å²) in [7, 11) is 0. The molecule has 0 aliphatic carbocycles. The molecule has 6 aromatic rings. The first kappa shape index (κ1) is 21.9. The number of thiazole rings is 1. The van der Waals surface area contributed by atoms with Crippen molar-refractivity contribution >= 4 is 22.4 Å². The summed E-state index contributed by atoms with van der Waals surface area (Å²) in [6.07, 6.45) is 4.04. The number of hydrogen-bond donors (Lipinski definition) is 1. The van der Waals surface area contributed by atoms with Crippen molar-refractivity contribution in [1.82, 2.24) is 20.2 Å². The minimum absolute atomic E-state index is 0.270. The van der Waals surface area contributed by atoms with Gasteiger partial charge < -0.3 is 0 Å². The van der Waals surface area contributed by atoms with Crippen LogP contribution >= 0.6 is 11.3 Å². The van der Waals surface area contributed by atoms with E-state index in [2.05, 4.69) is 89.1 Å². The molecule has 3 aromatic heterocycles. The molecule has 3 heterocycles. The van der Waals surface area contributed by atoms with Crippen LogP contribution in [0.5, 0.6) is 0 Å². The molecule has 3 aromatic carbocycles. The lowest BCUT2D eigenvalue weighted by molar-refractivity contribution is 0.744. The number of fused-ring (bicyclic) bond motifs is 1. The summed E-state index contributed by atoms with van der Waals surface area (Å²) in [6.45, 7) is 0. The summed E-state index contributed by atoms with van der Waals surface area (Å²) < 4.78 is 0. The molecule has 36 heavy (non-hydrogen) atoms. The van der Waals surface area contributed by atoms with Gasteiger partial charge in [-0.2, -0.15) is 10.4 Å². The lowest BCUT2D eigenvalue weighted by Crippen LogP contribution is -2.32. The Hall–Kier alpha value is -4.60. The van der Waals surface area contributed by atoms with Gasteiger partial charge in [-0.25, -0.2) is 9.97 Å². The van der Waals surface area contributed by atoms with Crippen molar-refractivity contribution in [2.24, 2.45) is 0 Å². The SMILES string of the molecule is N#CCc1csc(-c2c(C(c3ccccc3)(c3ccccc3)c3ccccc3)cnc3[nH]ncc23)n1. The quantitative estimate of drug-likeness (QED) is 0.273. The maximum absolute atomic E-state index is 9.26. The molecule has 0 spiro atoms. The molecule has 0 amide bonds. The summed E-state index contributed by atoms with van der Waals surface area (Å²) >= 11 is 1.55. The van der Waals surface area contributed by atoms with E-state index in [9.17, 15) is 5.26 Å². The van der Waals surface area contributed by atoms with Crippen LogP contribution < -0.4 is 0 Å². The van der Waals surface area contributed by atoms with Gasteiger partial charge in [0.1, 0.15) is 5.01 Å². The van der Waals surface area contributed by atoms with Gasteiger partial charge in [0.05, 0.1) is 29.8 Å². The van der Waals surface area contributed by atoms with Crippen molar-refractivity contribution in [1.29, 1.82) is 5.26 Å². The van der Waals surface area contributed by atoms with Crippen LogP contribution in [0.2, 0.25) is 0 Å². The number of H-pyrrole nitrogens is 1. The second-order valence-corrected chi connectivity index (χ2v) is 9.36. The monoisotopic (exact) mass is 483 g/mol. The normalized spacial score (nSPS) is 11.4. The smallest absolute Gasteiger partial charge is 0.155 e. The molecule has 1 N–H and O–H groups in total. The number of nitrogens with zero attached hydrogens (tertiary/aromatic N) is 4. The van der Waals surface area contributed by atoms with Crippen molar-refractivity contribution in [3.05, 3.63) is 137 Å². The topological polar surface area (TPSA) is 78.2 Å². The van der Waals surface area contributed by atoms with Crippen molar-refractivity contribution in [2.45, 2.75) is 11.8 Å². The molecule has 6 heteroatoms. The van der Waals surface area contributed by atoms with E-state index in [0.29, 0.717) is 5.65 Å². The molecule has 0 saturated carbocycles. The molecule has 0 atom stereocenters. The first-order valence-electron chi connectivity index (χ1n) is 11.6. The second-order valence-electron chi connectivity index (χ2n) is 8.51. The number of pyridine rings is 1. The summed E-state index contributed by atoms with van der Waals surface area (Å²) in [5, 5.41) is 20.3. The third kappa shape index (κ3) is 3.49. The number of aromatic amines is 1. The van der Waals surface area contributed by atoms with Crippen molar-refractivity contribution in [3.8, 4) is 16.6 Å². The third-order valence-electron chi connectivity index (χ3n) is 6.53. The standard InChI is InChI=1S/C30H21N5S/c31-17-16-24-20-36-29(34-24)27-25-18-33-35-28(25)32-19-26(27)30(21-10-4-1-5-11-21,22-12-6-2-7-13-22)23-14-8-3-9-15-23/h1-15,18-20H,16H2,(H,32,33,35). The van der Waals surface area contributed by atoms with Gasteiger partial charge in [-0.3, -0.25) is 5.10 Å². The summed E-state index contributed by atoms with van der Waals surface area (Å²) in [5.74, 6) is 0. The van der Waals surface area contributed by atoms with E-state index < -0.39 is 5.41 Å². The number of nitrogens with one attached hydrogen (secondary N) is 1. The van der Waals surface area contributed by atoms with Crippen LogP contribution in [0, 0.1) is 11.3 Å². The van der Waals surface area contributed by atoms with E-state index in [0.717, 1.165) is 43.9 Å². The van der Waals surface area contributed by atoms with Crippen molar-refractivity contribution in [3.63, 3.8) is 0 Å². The van der Waals surface area contributed by atoms with Gasteiger partial charge in [0, 0.05) is 28.1 Å². The Kier molecular flexibility index (Phi) is 5.61. The highest BCUT2D eigenvalue weighted by Gasteiger charge is 2.41. The molecule has 0 radical (unpaired) electrons. The van der Waals surface area contributed by atoms with Gasteiger partial charge in [0.15, 0.2) is 5.65 Å². The fourth-order valence-corrected chi connectivity index (χ4v) is 5.92. The number of hydrogen-bond acceptors (Lipinski definition) is 5. The van der Waals surface area contributed by atoms with E-state index in [1.54, 1.807) is 11.3 Å². The number of benzene rings is 3. The Balaban J connectivity index is 1.79. The molecular weight excluding hydrogens is 462 g/mol. The van der Waals surface area contributed by atoms with Gasteiger partial charge >= 0.3 is 0 Å². The van der Waals surface area contributed by atoms with E-state index >= 15 is 0 Å². The molecule has 0 aliphatic rings. The minimum atomic E-state index is -0.668. The second kappa shape index (κ2) is 9.21. The maximum atomic E-state index is 9.26. The average Bonchev–Trinajstić information content (AvgIpc) is 3.61. The van der Waals surface area contributed by atoms with E-state index in [1.165, 1.54) is 0 Å². The lowest BCUT2D eigenvalue weighted by Gasteiger charge is -2.37.